The Balaban J connectivity index is 1.60. The summed E-state index contributed by atoms with van der Waals surface area (Å²) in [6.45, 7) is 3.66. The summed E-state index contributed by atoms with van der Waals surface area (Å²) < 4.78 is 16.5. The molecule has 0 bridgehead atoms. The van der Waals surface area contributed by atoms with Gasteiger partial charge in [0, 0.05) is 25.5 Å². The van der Waals surface area contributed by atoms with Gasteiger partial charge in [0.25, 0.3) is 11.8 Å². The molecular weight excluding hydrogens is 388 g/mol. The lowest BCUT2D eigenvalue weighted by Gasteiger charge is -2.24. The molecule has 2 aromatic heterocycles. The van der Waals surface area contributed by atoms with Crippen LogP contribution in [0.2, 0.25) is 0 Å². The summed E-state index contributed by atoms with van der Waals surface area (Å²) >= 11 is 0. The molecule has 3 aromatic rings. The second kappa shape index (κ2) is 8.89. The lowest BCUT2D eigenvalue weighted by atomic mass is 10.1. The summed E-state index contributed by atoms with van der Waals surface area (Å²) in [5, 5.41) is 7.28. The first-order valence-electron chi connectivity index (χ1n) is 9.46. The predicted octanol–water partition coefficient (Wildman–Crippen LogP) is 1.81. The molecule has 10 heteroatoms. The third-order valence-corrected chi connectivity index (χ3v) is 4.74. The van der Waals surface area contributed by atoms with Crippen molar-refractivity contribution in [2.24, 2.45) is 5.73 Å². The largest absolute Gasteiger partial charge is 0.494 e. The van der Waals surface area contributed by atoms with Crippen LogP contribution in [0.4, 0.5) is 11.4 Å². The highest BCUT2D eigenvalue weighted by Gasteiger charge is 2.20. The molecular formula is C20H22N6O4. The van der Waals surface area contributed by atoms with Gasteiger partial charge in [-0.3, -0.25) is 14.7 Å². The molecule has 30 heavy (non-hydrogen) atoms. The number of nitrogens with two attached hydrogens (primary N) is 1. The van der Waals surface area contributed by atoms with Gasteiger partial charge in [0.1, 0.15) is 0 Å². The van der Waals surface area contributed by atoms with E-state index in [0.717, 1.165) is 13.1 Å². The maximum absolute atomic E-state index is 11.7. The molecule has 4 rings (SSSR count). The number of rotatable bonds is 7. The van der Waals surface area contributed by atoms with Gasteiger partial charge >= 0.3 is 0 Å². The summed E-state index contributed by atoms with van der Waals surface area (Å²) in [7, 11) is 1.55. The first kappa shape index (κ1) is 19.8. The third-order valence-electron chi connectivity index (χ3n) is 4.74. The number of hydrogen-bond acceptors (Lipinski definition) is 9. The molecule has 0 spiro atoms. The number of benzene rings is 1. The molecule has 1 fully saturated rings. The zero-order valence-electron chi connectivity index (χ0n) is 16.5. The Morgan fingerprint density at radius 2 is 2.10 bits per heavy atom. The highest BCUT2D eigenvalue weighted by atomic mass is 16.5. The van der Waals surface area contributed by atoms with E-state index in [0.29, 0.717) is 54.2 Å². The number of pyridine rings is 1. The number of carbonyl (C=O) groups excluding carboxylic acids is 1. The lowest BCUT2D eigenvalue weighted by Crippen LogP contribution is -2.35. The SMILES string of the molecule is COc1c(Nc2ccncc2C(N)=O)cccc1-c1nc(CN2CCOCC2)no1. The summed E-state index contributed by atoms with van der Waals surface area (Å²) in [4.78, 5) is 22.4. The van der Waals surface area contributed by atoms with Crippen LogP contribution in [0.1, 0.15) is 16.2 Å². The van der Waals surface area contributed by atoms with E-state index < -0.39 is 5.91 Å². The molecule has 10 nitrogen and oxygen atoms in total. The summed E-state index contributed by atoms with van der Waals surface area (Å²) in [5.41, 5.74) is 7.50. The van der Waals surface area contributed by atoms with E-state index in [2.05, 4.69) is 25.3 Å². The summed E-state index contributed by atoms with van der Waals surface area (Å²) in [6, 6.07) is 7.15. The number of morpholine rings is 1. The zero-order chi connectivity index (χ0) is 20.9. The first-order valence-corrected chi connectivity index (χ1v) is 9.46. The molecule has 0 aliphatic carbocycles. The van der Waals surface area contributed by atoms with E-state index in [1.807, 2.05) is 18.2 Å². The second-order valence-electron chi connectivity index (χ2n) is 6.70. The maximum Gasteiger partial charge on any atom is 0.261 e. The maximum atomic E-state index is 11.7. The van der Waals surface area contributed by atoms with E-state index in [1.54, 1.807) is 19.4 Å². The van der Waals surface area contributed by atoms with Gasteiger partial charge in [-0.25, -0.2) is 0 Å². The number of nitrogens with one attached hydrogen (secondary N) is 1. The van der Waals surface area contributed by atoms with Gasteiger partial charge in [0.2, 0.25) is 0 Å². The average Bonchev–Trinajstić information content (AvgIpc) is 3.23. The quantitative estimate of drug-likeness (QED) is 0.599. The minimum atomic E-state index is -0.578. The zero-order valence-corrected chi connectivity index (χ0v) is 16.5. The van der Waals surface area contributed by atoms with Crippen LogP contribution < -0.4 is 15.8 Å². The van der Waals surface area contributed by atoms with E-state index in [9.17, 15) is 4.79 Å². The molecule has 1 aliphatic rings. The molecule has 1 aliphatic heterocycles. The first-order chi connectivity index (χ1) is 14.7. The van der Waals surface area contributed by atoms with E-state index in [4.69, 9.17) is 19.7 Å². The fraction of sp³-hybridized carbons (Fsp3) is 0.300. The van der Waals surface area contributed by atoms with Crippen molar-refractivity contribution >= 4 is 17.3 Å². The van der Waals surface area contributed by atoms with Crippen LogP contribution in [0, 0.1) is 0 Å². The molecule has 1 saturated heterocycles. The Bertz CT molecular complexity index is 1030. The van der Waals surface area contributed by atoms with E-state index >= 15 is 0 Å². The highest BCUT2D eigenvalue weighted by molar-refractivity contribution is 5.99. The van der Waals surface area contributed by atoms with Crippen molar-refractivity contribution in [3.63, 3.8) is 0 Å². The minimum absolute atomic E-state index is 0.274. The van der Waals surface area contributed by atoms with Gasteiger partial charge < -0.3 is 25.0 Å². The van der Waals surface area contributed by atoms with Crippen LogP contribution in [-0.4, -0.2) is 59.3 Å². The minimum Gasteiger partial charge on any atom is -0.494 e. The molecule has 0 saturated carbocycles. The lowest BCUT2D eigenvalue weighted by molar-refractivity contribution is 0.0327. The van der Waals surface area contributed by atoms with Gasteiger partial charge in [0.15, 0.2) is 11.6 Å². The fourth-order valence-electron chi connectivity index (χ4n) is 3.26. The van der Waals surface area contributed by atoms with Crippen LogP contribution >= 0.6 is 0 Å². The monoisotopic (exact) mass is 410 g/mol. The highest BCUT2D eigenvalue weighted by Crippen LogP contribution is 2.37. The molecule has 0 unspecified atom stereocenters. The van der Waals surface area contributed by atoms with Gasteiger partial charge in [-0.15, -0.1) is 0 Å². The number of methoxy groups -OCH3 is 1. The van der Waals surface area contributed by atoms with Gasteiger partial charge in [-0.05, 0) is 18.2 Å². The standard InChI is InChI=1S/C20H22N6O4/c1-28-18-13(20-24-17(25-30-20)12-26-7-9-29-10-8-26)3-2-4-16(18)23-15-5-6-22-11-14(15)19(21)27/h2-6,11H,7-10,12H2,1H3,(H2,21,27)(H,22,23). The van der Waals surface area contributed by atoms with Gasteiger partial charge in [-0.2, -0.15) is 4.98 Å². The summed E-state index contributed by atoms with van der Waals surface area (Å²) in [6.07, 6.45) is 2.98. The number of aromatic nitrogens is 3. The van der Waals surface area contributed by atoms with Crippen molar-refractivity contribution in [2.45, 2.75) is 6.54 Å². The van der Waals surface area contributed by atoms with E-state index in [1.165, 1.54) is 6.20 Å². The predicted molar refractivity (Wildman–Crippen MR) is 108 cm³/mol. The molecule has 3 N–H and O–H groups in total. The average molecular weight is 410 g/mol. The number of ether oxygens (including phenoxy) is 2. The van der Waals surface area contributed by atoms with Crippen molar-refractivity contribution < 1.29 is 18.8 Å². The Morgan fingerprint density at radius 3 is 2.87 bits per heavy atom. The molecule has 1 aromatic carbocycles. The number of anilines is 2. The van der Waals surface area contributed by atoms with Crippen molar-refractivity contribution in [3.05, 3.63) is 48.0 Å². The topological polar surface area (TPSA) is 129 Å². The second-order valence-corrected chi connectivity index (χ2v) is 6.70. The number of para-hydroxylation sites is 1. The van der Waals surface area contributed by atoms with Crippen LogP contribution in [-0.2, 0) is 11.3 Å². The molecule has 0 radical (unpaired) electrons. The molecule has 156 valence electrons. The number of nitrogens with zero attached hydrogens (tertiary/aromatic N) is 4. The Labute approximate surface area is 173 Å². The smallest absolute Gasteiger partial charge is 0.261 e. The van der Waals surface area contributed by atoms with Crippen molar-refractivity contribution in [1.82, 2.24) is 20.0 Å². The van der Waals surface area contributed by atoms with Crippen LogP contribution in [0.5, 0.6) is 5.75 Å². The van der Waals surface area contributed by atoms with Gasteiger partial charge in [0.05, 0.1) is 49.4 Å². The normalized spacial score (nSPS) is 14.4. The number of amides is 1. The third kappa shape index (κ3) is 4.24. The Morgan fingerprint density at radius 1 is 1.27 bits per heavy atom. The van der Waals surface area contributed by atoms with Crippen LogP contribution in [0.3, 0.4) is 0 Å². The number of primary amides is 1. The van der Waals surface area contributed by atoms with Crippen molar-refractivity contribution in [3.8, 4) is 17.2 Å². The van der Waals surface area contributed by atoms with Crippen molar-refractivity contribution in [2.75, 3.05) is 38.7 Å². The Hall–Kier alpha value is -3.50. The van der Waals surface area contributed by atoms with Crippen LogP contribution in [0.25, 0.3) is 11.5 Å². The van der Waals surface area contributed by atoms with Crippen LogP contribution in [0.15, 0.2) is 41.2 Å². The van der Waals surface area contributed by atoms with Crippen molar-refractivity contribution in [1.29, 1.82) is 0 Å². The Kier molecular flexibility index (Phi) is 5.87. The number of carbonyl (C=O) groups is 1. The molecule has 1 amide bonds. The molecule has 0 atom stereocenters. The number of hydrogen-bond donors (Lipinski definition) is 2. The molecule has 3 heterocycles. The fourth-order valence-corrected chi connectivity index (χ4v) is 3.26. The van der Waals surface area contributed by atoms with Gasteiger partial charge in [-0.1, -0.05) is 11.2 Å². The summed E-state index contributed by atoms with van der Waals surface area (Å²) in [5.74, 6) is 0.873. The van der Waals surface area contributed by atoms with E-state index in [-0.39, 0.29) is 5.56 Å².